The van der Waals surface area contributed by atoms with Crippen molar-refractivity contribution >= 4 is 5.78 Å². The molecule has 1 aromatic rings. The van der Waals surface area contributed by atoms with Crippen LogP contribution >= 0.6 is 0 Å². The first-order valence-corrected chi connectivity index (χ1v) is 10.6. The summed E-state index contributed by atoms with van der Waals surface area (Å²) in [7, 11) is 0. The lowest BCUT2D eigenvalue weighted by atomic mass is 9.68. The molecular formula is C24H34O4. The fourth-order valence-corrected chi connectivity index (χ4v) is 4.61. The van der Waals surface area contributed by atoms with Crippen LogP contribution in [0.4, 0.5) is 0 Å². The first-order valence-electron chi connectivity index (χ1n) is 10.6. The Kier molecular flexibility index (Phi) is 6.49. The van der Waals surface area contributed by atoms with Gasteiger partial charge in [-0.15, -0.1) is 0 Å². The minimum Gasteiger partial charge on any atom is -0.487 e. The maximum absolute atomic E-state index is 11.7. The van der Waals surface area contributed by atoms with E-state index in [9.17, 15) is 4.79 Å². The number of hydrogen-bond acceptors (Lipinski definition) is 4. The molecule has 0 fully saturated rings. The van der Waals surface area contributed by atoms with Crippen molar-refractivity contribution < 1.29 is 19.4 Å². The quantitative estimate of drug-likeness (QED) is 0.506. The van der Waals surface area contributed by atoms with Crippen molar-refractivity contribution in [2.75, 3.05) is 13.2 Å². The highest BCUT2D eigenvalue weighted by molar-refractivity contribution is 5.81. The number of rotatable bonds is 8. The molecule has 2 aliphatic rings. The van der Waals surface area contributed by atoms with Crippen LogP contribution in [0.5, 0.6) is 11.5 Å². The van der Waals surface area contributed by atoms with Gasteiger partial charge >= 0.3 is 0 Å². The lowest BCUT2D eigenvalue weighted by Crippen LogP contribution is -2.45. The molecule has 0 saturated heterocycles. The molecule has 4 heteroatoms. The van der Waals surface area contributed by atoms with Crippen molar-refractivity contribution in [2.45, 2.75) is 77.7 Å². The molecule has 28 heavy (non-hydrogen) atoms. The van der Waals surface area contributed by atoms with Crippen LogP contribution in [0.2, 0.25) is 0 Å². The molecule has 0 spiro atoms. The molecule has 4 nitrogen and oxygen atoms in total. The number of fused-ring (bicyclic) bond motifs is 3. The van der Waals surface area contributed by atoms with Crippen molar-refractivity contribution in [3.8, 4) is 11.5 Å². The molecule has 0 saturated carbocycles. The molecule has 1 aliphatic carbocycles. The summed E-state index contributed by atoms with van der Waals surface area (Å²) >= 11 is 0. The van der Waals surface area contributed by atoms with E-state index in [-0.39, 0.29) is 23.9 Å². The standard InChI is InChI=1S/C24H34O4/c1-5-6-7-8-17-12-21(27-15-18(26)14-25)23-19-11-16(2)9-10-20(19)24(3,4)28-22(23)13-17/h11-13,19-20,25H,5-10,14-15H2,1-4H3/t19-,20-/m1/s1. The van der Waals surface area contributed by atoms with E-state index in [0.717, 1.165) is 42.7 Å². The van der Waals surface area contributed by atoms with Crippen LogP contribution in [-0.2, 0) is 11.2 Å². The van der Waals surface area contributed by atoms with E-state index in [1.54, 1.807) is 0 Å². The number of unbranched alkanes of at least 4 members (excludes halogenated alkanes) is 2. The monoisotopic (exact) mass is 386 g/mol. The second-order valence-corrected chi connectivity index (χ2v) is 8.84. The lowest BCUT2D eigenvalue weighted by Gasteiger charge is -2.46. The molecule has 0 bridgehead atoms. The number of ether oxygens (including phenoxy) is 2. The molecule has 1 heterocycles. The topological polar surface area (TPSA) is 55.8 Å². The Hall–Kier alpha value is -1.81. The zero-order valence-electron chi connectivity index (χ0n) is 17.7. The maximum atomic E-state index is 11.7. The molecule has 1 aromatic carbocycles. The van der Waals surface area contributed by atoms with Crippen LogP contribution in [0.25, 0.3) is 0 Å². The third kappa shape index (κ3) is 4.43. The predicted octanol–water partition coefficient (Wildman–Crippen LogP) is 4.97. The second kappa shape index (κ2) is 8.69. The summed E-state index contributed by atoms with van der Waals surface area (Å²) < 4.78 is 12.4. The maximum Gasteiger partial charge on any atom is 0.195 e. The molecule has 1 aliphatic heterocycles. The van der Waals surface area contributed by atoms with Crippen LogP contribution in [-0.4, -0.2) is 29.7 Å². The average molecular weight is 387 g/mol. The van der Waals surface area contributed by atoms with Crippen LogP contribution in [0.3, 0.4) is 0 Å². The third-order valence-corrected chi connectivity index (χ3v) is 6.14. The Morgan fingerprint density at radius 2 is 2.11 bits per heavy atom. The number of Topliss-reactive ketones (excluding diaryl/α,β-unsaturated/α-hetero) is 1. The van der Waals surface area contributed by atoms with Gasteiger partial charge < -0.3 is 14.6 Å². The largest absolute Gasteiger partial charge is 0.487 e. The molecular weight excluding hydrogens is 352 g/mol. The zero-order chi connectivity index (χ0) is 20.3. The van der Waals surface area contributed by atoms with Gasteiger partial charge in [0.2, 0.25) is 0 Å². The first-order chi connectivity index (χ1) is 13.4. The van der Waals surface area contributed by atoms with Gasteiger partial charge in [0.05, 0.1) is 0 Å². The van der Waals surface area contributed by atoms with E-state index in [4.69, 9.17) is 14.6 Å². The Labute approximate surface area is 168 Å². The summed E-state index contributed by atoms with van der Waals surface area (Å²) in [6.45, 7) is 8.15. The van der Waals surface area contributed by atoms with Crippen molar-refractivity contribution in [1.82, 2.24) is 0 Å². The summed E-state index contributed by atoms with van der Waals surface area (Å²) in [6.07, 6.45) is 9.00. The molecule has 0 aromatic heterocycles. The highest BCUT2D eigenvalue weighted by Crippen LogP contribution is 2.53. The average Bonchev–Trinajstić information content (AvgIpc) is 2.65. The fraction of sp³-hybridized carbons (Fsp3) is 0.625. The SMILES string of the molecule is CCCCCc1cc(OCC(=O)CO)c2c(c1)OC(C)(C)[C@@H]1CCC(C)=C[C@@H]21. The number of aliphatic hydroxyl groups is 1. The number of aryl methyl sites for hydroxylation is 1. The first kappa shape index (κ1) is 20.9. The van der Waals surface area contributed by atoms with Gasteiger partial charge in [0.15, 0.2) is 5.78 Å². The number of benzene rings is 1. The number of ketones is 1. The van der Waals surface area contributed by atoms with E-state index in [2.05, 4.69) is 45.9 Å². The zero-order valence-corrected chi connectivity index (χ0v) is 17.7. The van der Waals surface area contributed by atoms with Gasteiger partial charge in [0.25, 0.3) is 0 Å². The van der Waals surface area contributed by atoms with Crippen molar-refractivity contribution in [1.29, 1.82) is 0 Å². The van der Waals surface area contributed by atoms with Crippen LogP contribution < -0.4 is 9.47 Å². The minimum atomic E-state index is -0.493. The number of aliphatic hydroxyl groups excluding tert-OH is 1. The lowest BCUT2D eigenvalue weighted by molar-refractivity contribution is -0.123. The third-order valence-electron chi connectivity index (χ3n) is 6.14. The summed E-state index contributed by atoms with van der Waals surface area (Å²) in [5.41, 5.74) is 3.40. The predicted molar refractivity (Wildman–Crippen MR) is 111 cm³/mol. The van der Waals surface area contributed by atoms with E-state index in [0.29, 0.717) is 5.92 Å². The highest BCUT2D eigenvalue weighted by atomic mass is 16.5. The molecule has 1 N–H and O–H groups in total. The van der Waals surface area contributed by atoms with Crippen molar-refractivity contribution in [3.05, 3.63) is 34.9 Å². The van der Waals surface area contributed by atoms with Gasteiger partial charge in [-0.1, -0.05) is 31.4 Å². The molecule has 3 rings (SSSR count). The fourth-order valence-electron chi connectivity index (χ4n) is 4.61. The number of allylic oxidation sites excluding steroid dienone is 2. The molecule has 0 radical (unpaired) electrons. The number of hydrogen-bond donors (Lipinski definition) is 1. The molecule has 0 unspecified atom stereocenters. The van der Waals surface area contributed by atoms with E-state index in [1.807, 2.05) is 0 Å². The van der Waals surface area contributed by atoms with Gasteiger partial charge in [-0.05, 0) is 64.2 Å². The summed E-state index contributed by atoms with van der Waals surface area (Å²) in [6, 6.07) is 4.25. The Bertz CT molecular complexity index is 747. The van der Waals surface area contributed by atoms with Crippen LogP contribution in [0, 0.1) is 5.92 Å². The Balaban J connectivity index is 2.02. The Morgan fingerprint density at radius 3 is 2.82 bits per heavy atom. The highest BCUT2D eigenvalue weighted by Gasteiger charge is 2.45. The number of carbonyl (C=O) groups is 1. The second-order valence-electron chi connectivity index (χ2n) is 8.84. The van der Waals surface area contributed by atoms with Crippen LogP contribution in [0.15, 0.2) is 23.8 Å². The minimum absolute atomic E-state index is 0.106. The summed E-state index contributed by atoms with van der Waals surface area (Å²) in [5, 5.41) is 9.08. The normalized spacial score (nSPS) is 22.5. The molecule has 154 valence electrons. The van der Waals surface area contributed by atoms with Crippen molar-refractivity contribution in [2.24, 2.45) is 5.92 Å². The smallest absolute Gasteiger partial charge is 0.195 e. The van der Waals surface area contributed by atoms with E-state index in [1.165, 1.54) is 24.0 Å². The van der Waals surface area contributed by atoms with Crippen molar-refractivity contribution in [3.63, 3.8) is 0 Å². The van der Waals surface area contributed by atoms with Gasteiger partial charge in [0, 0.05) is 17.4 Å². The molecule has 0 amide bonds. The van der Waals surface area contributed by atoms with Crippen LogP contribution in [0.1, 0.15) is 76.8 Å². The van der Waals surface area contributed by atoms with Gasteiger partial charge in [-0.25, -0.2) is 0 Å². The van der Waals surface area contributed by atoms with Gasteiger partial charge in [-0.2, -0.15) is 0 Å². The summed E-state index contributed by atoms with van der Waals surface area (Å²) in [4.78, 5) is 11.7. The van der Waals surface area contributed by atoms with E-state index < -0.39 is 6.61 Å². The summed E-state index contributed by atoms with van der Waals surface area (Å²) in [5.74, 6) is 1.93. The number of carbonyl (C=O) groups excluding carboxylic acids is 1. The Morgan fingerprint density at radius 1 is 1.32 bits per heavy atom. The van der Waals surface area contributed by atoms with Gasteiger partial charge in [0.1, 0.15) is 30.3 Å². The van der Waals surface area contributed by atoms with E-state index >= 15 is 0 Å². The van der Waals surface area contributed by atoms with Gasteiger partial charge in [-0.3, -0.25) is 4.79 Å². The molecule has 2 atom stereocenters.